The summed E-state index contributed by atoms with van der Waals surface area (Å²) < 4.78 is 19.4. The standard InChI is InChI=1S/C12H20O5.C12H20O4.C6H13NO/c1-5-12(3,4)11(15)17-7-6-16-10(14)8-9(2)13;1-6-12(4,5)11(14)16-8-7-15-10(13)9(2)3;1-4-5(2)6(8)7-3/h5-8H2,1-4H3;2,6-8H2,1,3-5H3;5H,4H2,1-3H3,(H,7,8). The van der Waals surface area contributed by atoms with E-state index in [0.29, 0.717) is 18.4 Å². The van der Waals surface area contributed by atoms with Crippen molar-refractivity contribution in [3.8, 4) is 0 Å². The Labute approximate surface area is 246 Å². The molecule has 0 aliphatic heterocycles. The average molecular weight is 588 g/mol. The number of ketones is 1. The molecule has 0 saturated heterocycles. The van der Waals surface area contributed by atoms with Crippen LogP contribution in [0.15, 0.2) is 12.2 Å². The van der Waals surface area contributed by atoms with E-state index < -0.39 is 22.8 Å². The molecule has 1 atom stereocenters. The lowest BCUT2D eigenvalue weighted by atomic mass is 9.91. The van der Waals surface area contributed by atoms with Crippen molar-refractivity contribution in [3.63, 3.8) is 0 Å². The van der Waals surface area contributed by atoms with Crippen LogP contribution in [0.5, 0.6) is 0 Å². The molecule has 0 radical (unpaired) electrons. The molecule has 0 aliphatic rings. The summed E-state index contributed by atoms with van der Waals surface area (Å²) in [5.74, 6) is -1.61. The molecule has 1 amide bonds. The monoisotopic (exact) mass is 587 g/mol. The van der Waals surface area contributed by atoms with Crippen molar-refractivity contribution < 1.29 is 47.7 Å². The van der Waals surface area contributed by atoms with E-state index >= 15 is 0 Å². The maximum atomic E-state index is 11.5. The zero-order valence-corrected chi connectivity index (χ0v) is 27.0. The highest BCUT2D eigenvalue weighted by atomic mass is 16.6. The van der Waals surface area contributed by atoms with E-state index in [0.717, 1.165) is 6.42 Å². The third-order valence-electron chi connectivity index (χ3n) is 6.05. The van der Waals surface area contributed by atoms with Crippen molar-refractivity contribution in [1.82, 2.24) is 5.32 Å². The molecule has 0 aromatic heterocycles. The van der Waals surface area contributed by atoms with Crippen molar-refractivity contribution in [2.45, 2.75) is 94.9 Å². The van der Waals surface area contributed by atoms with Crippen LogP contribution in [0.3, 0.4) is 0 Å². The number of nitrogens with one attached hydrogen (secondary N) is 1. The smallest absolute Gasteiger partial charge is 0.333 e. The number of hydrogen-bond acceptors (Lipinski definition) is 10. The molecule has 238 valence electrons. The van der Waals surface area contributed by atoms with E-state index in [1.165, 1.54) is 6.92 Å². The van der Waals surface area contributed by atoms with Crippen LogP contribution in [0.2, 0.25) is 0 Å². The maximum Gasteiger partial charge on any atom is 0.333 e. The Hall–Kier alpha value is -3.24. The normalized spacial score (nSPS) is 11.2. The molecule has 0 aromatic carbocycles. The number of esters is 4. The van der Waals surface area contributed by atoms with Crippen LogP contribution in [-0.4, -0.2) is 69.0 Å². The molecular weight excluding hydrogens is 534 g/mol. The lowest BCUT2D eigenvalue weighted by Crippen LogP contribution is -2.27. The van der Waals surface area contributed by atoms with Gasteiger partial charge in [0.2, 0.25) is 5.91 Å². The number of Topliss-reactive ketones (excluding diaryl/α,β-unsaturated/α-hetero) is 1. The Morgan fingerprint density at radius 3 is 1.41 bits per heavy atom. The van der Waals surface area contributed by atoms with Crippen molar-refractivity contribution in [1.29, 1.82) is 0 Å². The number of amides is 1. The van der Waals surface area contributed by atoms with Crippen LogP contribution >= 0.6 is 0 Å². The number of rotatable bonds is 15. The first-order valence-electron chi connectivity index (χ1n) is 13.9. The first-order valence-corrected chi connectivity index (χ1v) is 13.9. The second-order valence-corrected chi connectivity index (χ2v) is 10.7. The van der Waals surface area contributed by atoms with Crippen LogP contribution in [-0.2, 0) is 47.7 Å². The first-order chi connectivity index (χ1) is 18.8. The third-order valence-corrected chi connectivity index (χ3v) is 6.05. The van der Waals surface area contributed by atoms with Gasteiger partial charge in [0, 0.05) is 18.5 Å². The molecule has 0 aromatic rings. The highest BCUT2D eigenvalue weighted by molar-refractivity contribution is 5.94. The van der Waals surface area contributed by atoms with Crippen molar-refractivity contribution in [3.05, 3.63) is 12.2 Å². The van der Waals surface area contributed by atoms with E-state index in [2.05, 4.69) is 11.9 Å². The third kappa shape index (κ3) is 22.2. The fourth-order valence-corrected chi connectivity index (χ4v) is 2.05. The Morgan fingerprint density at radius 2 is 1.12 bits per heavy atom. The molecule has 0 spiro atoms. The summed E-state index contributed by atoms with van der Waals surface area (Å²) >= 11 is 0. The van der Waals surface area contributed by atoms with Gasteiger partial charge in [-0.1, -0.05) is 34.3 Å². The van der Waals surface area contributed by atoms with E-state index in [1.807, 2.05) is 41.5 Å². The van der Waals surface area contributed by atoms with Gasteiger partial charge >= 0.3 is 23.9 Å². The number of carbonyl (C=O) groups is 6. The molecule has 11 nitrogen and oxygen atoms in total. The predicted molar refractivity (Wildman–Crippen MR) is 156 cm³/mol. The Morgan fingerprint density at radius 1 is 0.732 bits per heavy atom. The quantitative estimate of drug-likeness (QED) is 0.0962. The van der Waals surface area contributed by atoms with E-state index in [9.17, 15) is 28.8 Å². The van der Waals surface area contributed by atoms with Gasteiger partial charge in [-0.2, -0.15) is 0 Å². The molecule has 0 bridgehead atoms. The van der Waals surface area contributed by atoms with Gasteiger partial charge in [0.15, 0.2) is 0 Å². The highest BCUT2D eigenvalue weighted by Crippen LogP contribution is 2.22. The molecular formula is C30H53NO10. The minimum atomic E-state index is -0.594. The van der Waals surface area contributed by atoms with Crippen LogP contribution in [0.4, 0.5) is 0 Å². The summed E-state index contributed by atoms with van der Waals surface area (Å²) in [6.07, 6.45) is 2.06. The maximum absolute atomic E-state index is 11.5. The molecule has 41 heavy (non-hydrogen) atoms. The van der Waals surface area contributed by atoms with Gasteiger partial charge in [0.05, 0.1) is 10.8 Å². The molecule has 1 unspecified atom stereocenters. The second kappa shape index (κ2) is 22.4. The fourth-order valence-electron chi connectivity index (χ4n) is 2.05. The van der Waals surface area contributed by atoms with E-state index in [-0.39, 0.29) is 62.4 Å². The Balaban J connectivity index is -0.000000562. The number of ether oxygens (including phenoxy) is 4. The van der Waals surface area contributed by atoms with E-state index in [1.54, 1.807) is 27.8 Å². The number of hydrogen-bond donors (Lipinski definition) is 1. The summed E-state index contributed by atoms with van der Waals surface area (Å²) in [6.45, 7) is 21.4. The SMILES string of the molecule is C=C(C)C(=O)OCCOC(=O)C(C)(C)CC.CCC(C)(C)C(=O)OCCOC(=O)CC(C)=O.CCC(C)C(=O)NC. The van der Waals surface area contributed by atoms with Crippen LogP contribution in [0.25, 0.3) is 0 Å². The van der Waals surface area contributed by atoms with Crippen LogP contribution in [0, 0.1) is 16.7 Å². The minimum Gasteiger partial charge on any atom is -0.462 e. The summed E-state index contributed by atoms with van der Waals surface area (Å²) in [7, 11) is 1.66. The fraction of sp³-hybridized carbons (Fsp3) is 0.733. The number of carbonyl (C=O) groups excluding carboxylic acids is 6. The lowest BCUT2D eigenvalue weighted by molar-refractivity contribution is -0.159. The minimum absolute atomic E-state index is 0.0162. The largest absolute Gasteiger partial charge is 0.462 e. The molecule has 11 heteroatoms. The molecule has 0 rings (SSSR count). The Kier molecular flexibility index (Phi) is 23.1. The van der Waals surface area contributed by atoms with Crippen molar-refractivity contribution in [2.24, 2.45) is 16.7 Å². The highest BCUT2D eigenvalue weighted by Gasteiger charge is 2.27. The van der Waals surface area contributed by atoms with Gasteiger partial charge in [0.1, 0.15) is 38.6 Å². The molecule has 0 fully saturated rings. The van der Waals surface area contributed by atoms with Gasteiger partial charge < -0.3 is 24.3 Å². The predicted octanol–water partition coefficient (Wildman–Crippen LogP) is 4.35. The summed E-state index contributed by atoms with van der Waals surface area (Å²) in [6, 6.07) is 0. The van der Waals surface area contributed by atoms with Gasteiger partial charge in [-0.15, -0.1) is 0 Å². The molecule has 1 N–H and O–H groups in total. The lowest BCUT2D eigenvalue weighted by Gasteiger charge is -2.20. The molecule has 0 heterocycles. The zero-order valence-electron chi connectivity index (χ0n) is 27.0. The van der Waals surface area contributed by atoms with Crippen LogP contribution in [0.1, 0.15) is 94.9 Å². The first kappa shape index (κ1) is 42.2. The topological polar surface area (TPSA) is 151 Å². The van der Waals surface area contributed by atoms with Crippen molar-refractivity contribution in [2.75, 3.05) is 33.5 Å². The molecule has 0 aliphatic carbocycles. The van der Waals surface area contributed by atoms with Gasteiger partial charge in [-0.05, 0) is 60.8 Å². The van der Waals surface area contributed by atoms with Gasteiger partial charge in [-0.25, -0.2) is 4.79 Å². The average Bonchev–Trinajstić information content (AvgIpc) is 2.92. The Bertz CT molecular complexity index is 861. The van der Waals surface area contributed by atoms with E-state index in [4.69, 9.17) is 18.9 Å². The molecule has 0 saturated carbocycles. The summed E-state index contributed by atoms with van der Waals surface area (Å²) in [5, 5.41) is 2.58. The van der Waals surface area contributed by atoms with Crippen LogP contribution < -0.4 is 5.32 Å². The zero-order chi connectivity index (χ0) is 32.8. The van der Waals surface area contributed by atoms with Gasteiger partial charge in [0.25, 0.3) is 0 Å². The van der Waals surface area contributed by atoms with Crippen molar-refractivity contribution >= 4 is 35.6 Å². The summed E-state index contributed by atoms with van der Waals surface area (Å²) in [5.41, 5.74) is -0.679. The second-order valence-electron chi connectivity index (χ2n) is 10.7. The summed E-state index contributed by atoms with van der Waals surface area (Å²) in [4.78, 5) is 66.2. The van der Waals surface area contributed by atoms with Gasteiger partial charge in [-0.3, -0.25) is 24.0 Å².